The lowest BCUT2D eigenvalue weighted by Gasteiger charge is -2.32. The van der Waals surface area contributed by atoms with Crippen LogP contribution in [0.15, 0.2) is 0 Å². The molecular formula is C10H17N3O5. The van der Waals surface area contributed by atoms with Crippen LogP contribution in [0, 0.1) is 0 Å². The third-order valence-electron chi connectivity index (χ3n) is 2.76. The van der Waals surface area contributed by atoms with Gasteiger partial charge in [0.2, 0.25) is 5.91 Å². The van der Waals surface area contributed by atoms with Gasteiger partial charge in [-0.3, -0.25) is 4.79 Å². The number of ether oxygens (including phenoxy) is 1. The summed E-state index contributed by atoms with van der Waals surface area (Å²) in [6.45, 7) is 2.25. The predicted octanol–water partition coefficient (Wildman–Crippen LogP) is -1.38. The normalized spacial score (nSPS) is 21.1. The van der Waals surface area contributed by atoms with Gasteiger partial charge in [0.15, 0.2) is 6.10 Å². The van der Waals surface area contributed by atoms with Crippen molar-refractivity contribution in [3.8, 4) is 0 Å². The summed E-state index contributed by atoms with van der Waals surface area (Å²) in [6, 6.07) is -1.04. The van der Waals surface area contributed by atoms with Crippen LogP contribution in [-0.2, 0) is 14.3 Å². The molecule has 1 saturated heterocycles. The molecular weight excluding hydrogens is 242 g/mol. The van der Waals surface area contributed by atoms with Crippen LogP contribution in [0.5, 0.6) is 0 Å². The van der Waals surface area contributed by atoms with Crippen molar-refractivity contribution in [3.63, 3.8) is 0 Å². The van der Waals surface area contributed by atoms with Gasteiger partial charge in [0, 0.05) is 20.2 Å². The summed E-state index contributed by atoms with van der Waals surface area (Å²) in [4.78, 5) is 35.2. The number of hydrogen-bond donors (Lipinski definition) is 3. The number of nitrogens with one attached hydrogen (secondary N) is 2. The highest BCUT2D eigenvalue weighted by Gasteiger charge is 2.29. The largest absolute Gasteiger partial charge is 0.479 e. The van der Waals surface area contributed by atoms with Crippen LogP contribution in [-0.4, -0.2) is 66.8 Å². The lowest BCUT2D eigenvalue weighted by Crippen LogP contribution is -2.58. The summed E-state index contributed by atoms with van der Waals surface area (Å²) in [6.07, 6.45) is -1.09. The average Bonchev–Trinajstić information content (AvgIpc) is 2.32. The number of aliphatic carboxylic acids is 1. The van der Waals surface area contributed by atoms with Crippen LogP contribution in [0.1, 0.15) is 6.92 Å². The summed E-state index contributed by atoms with van der Waals surface area (Å²) in [5.74, 6) is -1.37. The van der Waals surface area contributed by atoms with E-state index in [4.69, 9.17) is 5.11 Å². The van der Waals surface area contributed by atoms with E-state index in [-0.39, 0.29) is 12.5 Å². The van der Waals surface area contributed by atoms with Gasteiger partial charge in [0.1, 0.15) is 6.04 Å². The monoisotopic (exact) mass is 259 g/mol. The van der Waals surface area contributed by atoms with E-state index in [1.807, 2.05) is 0 Å². The first kappa shape index (κ1) is 14.2. The summed E-state index contributed by atoms with van der Waals surface area (Å²) >= 11 is 0. The maximum atomic E-state index is 11.8. The molecule has 3 amide bonds. The molecule has 0 aromatic heterocycles. The molecule has 0 bridgehead atoms. The molecule has 0 aromatic rings. The van der Waals surface area contributed by atoms with Gasteiger partial charge in [0.05, 0.1) is 6.54 Å². The number of carbonyl (C=O) groups excluding carboxylic acids is 2. The average molecular weight is 259 g/mol. The molecule has 0 saturated carbocycles. The lowest BCUT2D eigenvalue weighted by atomic mass is 10.2. The molecule has 8 heteroatoms. The summed E-state index contributed by atoms with van der Waals surface area (Å²) in [7, 11) is 1.25. The zero-order valence-electron chi connectivity index (χ0n) is 10.3. The Hall–Kier alpha value is -1.83. The summed E-state index contributed by atoms with van der Waals surface area (Å²) in [5.41, 5.74) is 0. The van der Waals surface area contributed by atoms with E-state index >= 15 is 0 Å². The van der Waals surface area contributed by atoms with E-state index in [0.717, 1.165) is 0 Å². The number of carboxylic acids is 1. The zero-order chi connectivity index (χ0) is 13.7. The number of amides is 3. The van der Waals surface area contributed by atoms with Crippen LogP contribution >= 0.6 is 0 Å². The summed E-state index contributed by atoms with van der Waals surface area (Å²) in [5, 5.41) is 13.8. The second-order valence-corrected chi connectivity index (χ2v) is 3.91. The van der Waals surface area contributed by atoms with Gasteiger partial charge < -0.3 is 25.4 Å². The second-order valence-electron chi connectivity index (χ2n) is 3.91. The highest BCUT2D eigenvalue weighted by molar-refractivity contribution is 5.88. The van der Waals surface area contributed by atoms with Gasteiger partial charge in [0.25, 0.3) is 0 Å². The van der Waals surface area contributed by atoms with Crippen molar-refractivity contribution in [2.45, 2.75) is 19.1 Å². The molecule has 0 aliphatic carbocycles. The van der Waals surface area contributed by atoms with Crippen molar-refractivity contribution in [2.24, 2.45) is 0 Å². The van der Waals surface area contributed by atoms with Gasteiger partial charge in [-0.1, -0.05) is 0 Å². The molecule has 0 aromatic carbocycles. The standard InChI is InChI=1S/C10H17N3O5/c1-6-8(14)11-3-4-13(6)10(17)12-5-7(18-2)9(15)16/h6-7H,3-5H2,1-2H3,(H,11,14)(H,12,17)(H,15,16). The maximum Gasteiger partial charge on any atom is 0.334 e. The Labute approximate surface area is 104 Å². The van der Waals surface area contributed by atoms with Gasteiger partial charge in [-0.25, -0.2) is 9.59 Å². The Morgan fingerprint density at radius 1 is 1.67 bits per heavy atom. The number of carbonyl (C=O) groups is 3. The molecule has 0 radical (unpaired) electrons. The number of carboxylic acid groups (broad SMARTS) is 1. The van der Waals surface area contributed by atoms with E-state index in [2.05, 4.69) is 15.4 Å². The van der Waals surface area contributed by atoms with E-state index in [1.54, 1.807) is 6.92 Å². The first-order chi connectivity index (χ1) is 8.47. The molecule has 8 nitrogen and oxygen atoms in total. The topological polar surface area (TPSA) is 108 Å². The smallest absolute Gasteiger partial charge is 0.334 e. The summed E-state index contributed by atoms with van der Waals surface area (Å²) < 4.78 is 4.69. The fraction of sp³-hybridized carbons (Fsp3) is 0.700. The minimum Gasteiger partial charge on any atom is -0.479 e. The SMILES string of the molecule is COC(CNC(=O)N1CCNC(=O)C1C)C(=O)O. The van der Waals surface area contributed by atoms with Crippen LogP contribution in [0.3, 0.4) is 0 Å². The van der Waals surface area contributed by atoms with Gasteiger partial charge >= 0.3 is 12.0 Å². The van der Waals surface area contributed by atoms with Crippen LogP contribution in [0.25, 0.3) is 0 Å². The Morgan fingerprint density at radius 3 is 2.89 bits per heavy atom. The molecule has 1 heterocycles. The minimum absolute atomic E-state index is 0.143. The maximum absolute atomic E-state index is 11.8. The molecule has 1 aliphatic rings. The van der Waals surface area contributed by atoms with E-state index < -0.39 is 24.1 Å². The molecule has 3 N–H and O–H groups in total. The van der Waals surface area contributed by atoms with Crippen molar-refractivity contribution in [1.82, 2.24) is 15.5 Å². The number of nitrogens with zero attached hydrogens (tertiary/aromatic N) is 1. The quantitative estimate of drug-likeness (QED) is 0.576. The number of urea groups is 1. The van der Waals surface area contributed by atoms with Crippen LogP contribution < -0.4 is 10.6 Å². The van der Waals surface area contributed by atoms with Crippen molar-refractivity contribution in [2.75, 3.05) is 26.7 Å². The zero-order valence-corrected chi connectivity index (χ0v) is 10.3. The third-order valence-corrected chi connectivity index (χ3v) is 2.76. The van der Waals surface area contributed by atoms with Crippen molar-refractivity contribution >= 4 is 17.9 Å². The van der Waals surface area contributed by atoms with Crippen molar-refractivity contribution < 1.29 is 24.2 Å². The second kappa shape index (κ2) is 6.20. The van der Waals surface area contributed by atoms with Crippen LogP contribution in [0.4, 0.5) is 4.79 Å². The number of rotatable bonds is 4. The van der Waals surface area contributed by atoms with E-state index in [9.17, 15) is 14.4 Å². The van der Waals surface area contributed by atoms with E-state index in [1.165, 1.54) is 12.0 Å². The molecule has 1 fully saturated rings. The Bertz CT molecular complexity index is 346. The number of hydrogen-bond acceptors (Lipinski definition) is 4. The van der Waals surface area contributed by atoms with Gasteiger partial charge in [-0.15, -0.1) is 0 Å². The van der Waals surface area contributed by atoms with Crippen molar-refractivity contribution in [3.05, 3.63) is 0 Å². The highest BCUT2D eigenvalue weighted by Crippen LogP contribution is 2.04. The highest BCUT2D eigenvalue weighted by atomic mass is 16.5. The number of methoxy groups -OCH3 is 1. The number of piperazine rings is 1. The minimum atomic E-state index is -1.15. The van der Waals surface area contributed by atoms with E-state index in [0.29, 0.717) is 13.1 Å². The molecule has 1 aliphatic heterocycles. The molecule has 18 heavy (non-hydrogen) atoms. The first-order valence-electron chi connectivity index (χ1n) is 5.55. The third kappa shape index (κ3) is 3.33. The van der Waals surface area contributed by atoms with Gasteiger partial charge in [-0.05, 0) is 6.92 Å². The van der Waals surface area contributed by atoms with Crippen molar-refractivity contribution in [1.29, 1.82) is 0 Å². The molecule has 0 spiro atoms. The Kier molecular flexibility index (Phi) is 4.90. The predicted molar refractivity (Wildman–Crippen MR) is 61.0 cm³/mol. The molecule has 2 unspecified atom stereocenters. The fourth-order valence-electron chi connectivity index (χ4n) is 1.61. The van der Waals surface area contributed by atoms with Crippen LogP contribution in [0.2, 0.25) is 0 Å². The molecule has 102 valence electrons. The Morgan fingerprint density at radius 2 is 2.33 bits per heavy atom. The lowest BCUT2D eigenvalue weighted by molar-refractivity contribution is -0.148. The first-order valence-corrected chi connectivity index (χ1v) is 5.55. The fourth-order valence-corrected chi connectivity index (χ4v) is 1.61. The molecule has 1 rings (SSSR count). The van der Waals surface area contributed by atoms with Gasteiger partial charge in [-0.2, -0.15) is 0 Å². The Balaban J connectivity index is 2.49. The molecule has 2 atom stereocenters.